The van der Waals surface area contributed by atoms with Crippen LogP contribution in [0.3, 0.4) is 0 Å². The third kappa shape index (κ3) is 2.51. The predicted molar refractivity (Wildman–Crippen MR) is 90.1 cm³/mol. The number of nitrogens with one attached hydrogen (secondary N) is 1. The smallest absolute Gasteiger partial charge is 0.243 e. The summed E-state index contributed by atoms with van der Waals surface area (Å²) in [4.78, 5) is 15.0. The fourth-order valence-electron chi connectivity index (χ4n) is 4.20. The summed E-state index contributed by atoms with van der Waals surface area (Å²) in [6.45, 7) is 17.3. The molecule has 2 unspecified atom stereocenters. The summed E-state index contributed by atoms with van der Waals surface area (Å²) < 4.78 is 0. The zero-order valence-electron chi connectivity index (χ0n) is 13.8. The summed E-state index contributed by atoms with van der Waals surface area (Å²) in [5, 5.41) is 3.24. The maximum atomic E-state index is 12.9. The second kappa shape index (κ2) is 5.29. The van der Waals surface area contributed by atoms with Crippen LogP contribution < -0.4 is 5.32 Å². The Morgan fingerprint density at radius 1 is 1.41 bits per heavy atom. The van der Waals surface area contributed by atoms with Crippen molar-refractivity contribution in [3.05, 3.63) is 37.6 Å². The molecule has 1 amide bonds. The number of piperidine rings is 1. The number of nitrogens with zero attached hydrogens (tertiary/aromatic N) is 1. The van der Waals surface area contributed by atoms with Gasteiger partial charge in [0.15, 0.2) is 0 Å². The molecule has 1 N–H and O–H groups in total. The Kier molecular flexibility index (Phi) is 3.70. The van der Waals surface area contributed by atoms with Gasteiger partial charge < -0.3 is 10.2 Å². The first-order chi connectivity index (χ1) is 10.4. The van der Waals surface area contributed by atoms with Gasteiger partial charge in [0.1, 0.15) is 6.04 Å². The van der Waals surface area contributed by atoms with Crippen molar-refractivity contribution in [1.29, 1.82) is 0 Å². The number of amides is 1. The minimum atomic E-state index is -0.0724. The topological polar surface area (TPSA) is 32.3 Å². The Labute approximate surface area is 134 Å². The number of rotatable bonds is 7. The molecule has 120 valence electrons. The summed E-state index contributed by atoms with van der Waals surface area (Å²) in [7, 11) is 0. The highest BCUT2D eigenvalue weighted by Crippen LogP contribution is 2.64. The second-order valence-electron chi connectivity index (χ2n) is 7.80. The van der Waals surface area contributed by atoms with Crippen LogP contribution in [-0.4, -0.2) is 29.4 Å². The SMILES string of the molecule is C=CC(=C)C(CC1CC1)NC(=O)C1[C@@H]2[C@H](CN1C=C)C2(C)C. The number of carbonyl (C=O) groups excluding carboxylic acids is 1. The monoisotopic (exact) mass is 300 g/mol. The summed E-state index contributed by atoms with van der Waals surface area (Å²) >= 11 is 0. The van der Waals surface area contributed by atoms with Crippen molar-refractivity contribution in [2.24, 2.45) is 23.2 Å². The molecule has 0 aromatic carbocycles. The van der Waals surface area contributed by atoms with Gasteiger partial charge >= 0.3 is 0 Å². The van der Waals surface area contributed by atoms with Gasteiger partial charge in [0, 0.05) is 6.54 Å². The first kappa shape index (κ1) is 15.4. The molecule has 4 atom stereocenters. The van der Waals surface area contributed by atoms with Crippen LogP contribution in [0.2, 0.25) is 0 Å². The predicted octanol–water partition coefficient (Wildman–Crippen LogP) is 3.11. The van der Waals surface area contributed by atoms with Gasteiger partial charge in [-0.15, -0.1) is 0 Å². The average molecular weight is 300 g/mol. The van der Waals surface area contributed by atoms with E-state index in [1.54, 1.807) is 6.08 Å². The van der Waals surface area contributed by atoms with Crippen molar-refractivity contribution in [3.8, 4) is 0 Å². The van der Waals surface area contributed by atoms with Crippen molar-refractivity contribution in [1.82, 2.24) is 10.2 Å². The van der Waals surface area contributed by atoms with Gasteiger partial charge in [-0.2, -0.15) is 0 Å². The Hall–Kier alpha value is -1.51. The van der Waals surface area contributed by atoms with E-state index in [9.17, 15) is 4.79 Å². The van der Waals surface area contributed by atoms with Gasteiger partial charge in [-0.3, -0.25) is 4.79 Å². The van der Waals surface area contributed by atoms with Crippen molar-refractivity contribution in [3.63, 3.8) is 0 Å². The van der Waals surface area contributed by atoms with Crippen molar-refractivity contribution < 1.29 is 4.79 Å². The average Bonchev–Trinajstić information content (AvgIpc) is 3.33. The van der Waals surface area contributed by atoms with Gasteiger partial charge in [-0.1, -0.05) is 52.5 Å². The summed E-state index contributed by atoms with van der Waals surface area (Å²) in [5.74, 6) is 1.94. The Morgan fingerprint density at radius 3 is 2.64 bits per heavy atom. The fraction of sp³-hybridized carbons (Fsp3) is 0.632. The van der Waals surface area contributed by atoms with Crippen LogP contribution in [0.4, 0.5) is 0 Å². The molecule has 2 saturated carbocycles. The number of likely N-dealkylation sites (tertiary alicyclic amines) is 1. The van der Waals surface area contributed by atoms with Crippen LogP contribution in [0, 0.1) is 23.2 Å². The molecule has 3 heteroatoms. The highest BCUT2D eigenvalue weighted by atomic mass is 16.2. The van der Waals surface area contributed by atoms with Crippen LogP contribution in [-0.2, 0) is 4.79 Å². The maximum Gasteiger partial charge on any atom is 0.243 e. The normalized spacial score (nSPS) is 32.8. The number of hydrogen-bond donors (Lipinski definition) is 1. The molecule has 1 aliphatic heterocycles. The number of fused-ring (bicyclic) bond motifs is 1. The molecule has 1 heterocycles. The number of hydrogen-bond acceptors (Lipinski definition) is 2. The lowest BCUT2D eigenvalue weighted by Crippen LogP contribution is -2.48. The molecular weight excluding hydrogens is 272 g/mol. The highest BCUT2D eigenvalue weighted by Gasteiger charge is 2.68. The van der Waals surface area contributed by atoms with E-state index < -0.39 is 0 Å². The molecule has 0 aromatic rings. The van der Waals surface area contributed by atoms with Crippen LogP contribution >= 0.6 is 0 Å². The van der Waals surface area contributed by atoms with Crippen molar-refractivity contribution >= 4 is 5.91 Å². The van der Waals surface area contributed by atoms with E-state index in [2.05, 4.69) is 43.8 Å². The van der Waals surface area contributed by atoms with Crippen molar-refractivity contribution in [2.45, 2.75) is 45.2 Å². The molecule has 3 nitrogen and oxygen atoms in total. The fourth-order valence-corrected chi connectivity index (χ4v) is 4.20. The molecule has 0 bridgehead atoms. The van der Waals surface area contributed by atoms with Gasteiger partial charge in [0.05, 0.1) is 6.04 Å². The molecule has 0 spiro atoms. The van der Waals surface area contributed by atoms with Crippen LogP contribution in [0.5, 0.6) is 0 Å². The molecule has 1 saturated heterocycles. The Morgan fingerprint density at radius 2 is 2.09 bits per heavy atom. The lowest BCUT2D eigenvalue weighted by molar-refractivity contribution is -0.126. The minimum absolute atomic E-state index is 0.0325. The molecule has 3 fully saturated rings. The molecule has 2 aliphatic carbocycles. The van der Waals surface area contributed by atoms with Gasteiger partial charge in [0.25, 0.3) is 0 Å². The first-order valence-corrected chi connectivity index (χ1v) is 8.40. The van der Waals surface area contributed by atoms with Crippen molar-refractivity contribution in [2.75, 3.05) is 6.54 Å². The van der Waals surface area contributed by atoms with E-state index in [-0.39, 0.29) is 23.4 Å². The van der Waals surface area contributed by atoms with Gasteiger partial charge in [0.2, 0.25) is 5.91 Å². The highest BCUT2D eigenvalue weighted by molar-refractivity contribution is 5.84. The number of carbonyl (C=O) groups is 1. The Bertz CT molecular complexity index is 518. The van der Waals surface area contributed by atoms with Gasteiger partial charge in [-0.25, -0.2) is 0 Å². The molecule has 0 radical (unpaired) electrons. The molecule has 3 rings (SSSR count). The van der Waals surface area contributed by atoms with Crippen LogP contribution in [0.1, 0.15) is 33.1 Å². The van der Waals surface area contributed by atoms with Gasteiger partial charge in [-0.05, 0) is 41.4 Å². The standard InChI is InChI=1S/C19H28N2O/c1-6-12(3)15(10-13-8-9-13)20-18(22)17-16-14(19(16,4)5)11-21(17)7-2/h6-7,13-17H,1-3,8-11H2,4-5H3,(H,20,22)/t14-,15?,16-,17?/m0/s1. The lowest BCUT2D eigenvalue weighted by atomic mass is 9.98. The molecule has 0 aromatic heterocycles. The molecule has 22 heavy (non-hydrogen) atoms. The largest absolute Gasteiger partial charge is 0.366 e. The van der Waals surface area contributed by atoms with E-state index in [0.717, 1.165) is 24.5 Å². The third-order valence-corrected chi connectivity index (χ3v) is 6.04. The quantitative estimate of drug-likeness (QED) is 0.733. The summed E-state index contributed by atoms with van der Waals surface area (Å²) in [5.41, 5.74) is 1.21. The third-order valence-electron chi connectivity index (χ3n) is 6.04. The minimum Gasteiger partial charge on any atom is -0.366 e. The van der Waals surface area contributed by atoms with E-state index >= 15 is 0 Å². The Balaban J connectivity index is 1.69. The van der Waals surface area contributed by atoms with E-state index in [4.69, 9.17) is 0 Å². The summed E-state index contributed by atoms with van der Waals surface area (Å²) in [6.07, 6.45) is 7.14. The second-order valence-corrected chi connectivity index (χ2v) is 7.80. The van der Waals surface area contributed by atoms with E-state index in [1.807, 2.05) is 6.20 Å². The summed E-state index contributed by atoms with van der Waals surface area (Å²) in [6, 6.07) is -0.0399. The van der Waals surface area contributed by atoms with Crippen LogP contribution in [0.25, 0.3) is 0 Å². The molecule has 3 aliphatic rings. The first-order valence-electron chi connectivity index (χ1n) is 8.40. The van der Waals surface area contributed by atoms with E-state index in [1.165, 1.54) is 12.8 Å². The zero-order valence-corrected chi connectivity index (χ0v) is 13.8. The van der Waals surface area contributed by atoms with Crippen LogP contribution in [0.15, 0.2) is 37.6 Å². The van der Waals surface area contributed by atoms with E-state index in [0.29, 0.717) is 11.8 Å². The molecular formula is C19H28N2O. The maximum absolute atomic E-state index is 12.9. The zero-order chi connectivity index (χ0) is 16.1. The lowest BCUT2D eigenvalue weighted by Gasteiger charge is -2.30.